The molecule has 1 aromatic heterocycles. The minimum Gasteiger partial charge on any atom is -0.269 e. The van der Waals surface area contributed by atoms with Crippen LogP contribution in [0.25, 0.3) is 0 Å². The molecule has 5 nitrogen and oxygen atoms in total. The van der Waals surface area contributed by atoms with E-state index in [0.717, 1.165) is 55.3 Å². The van der Waals surface area contributed by atoms with E-state index in [0.29, 0.717) is 0 Å². The van der Waals surface area contributed by atoms with E-state index in [1.807, 2.05) is 4.68 Å². The highest BCUT2D eigenvalue weighted by atomic mass is 32.2. The predicted molar refractivity (Wildman–Crippen MR) is 75.5 cm³/mol. The number of hydrogen-bond donors (Lipinski definition) is 1. The SMILES string of the molecule is O=S(=O)(NCc1cnn2c1CCCC2)c1c(F)cccc1F. The minimum absolute atomic E-state index is 0.0363. The Balaban J connectivity index is 1.83. The zero-order valence-electron chi connectivity index (χ0n) is 11.7. The fourth-order valence-electron chi connectivity index (χ4n) is 2.62. The van der Waals surface area contributed by atoms with Gasteiger partial charge in [0.1, 0.15) is 11.6 Å². The number of nitrogens with zero attached hydrogens (tertiary/aromatic N) is 2. The van der Waals surface area contributed by atoms with Crippen LogP contribution in [0.5, 0.6) is 0 Å². The summed E-state index contributed by atoms with van der Waals surface area (Å²) in [6.45, 7) is 0.773. The van der Waals surface area contributed by atoms with Gasteiger partial charge in [-0.05, 0) is 31.4 Å². The van der Waals surface area contributed by atoms with Crippen LogP contribution in [0.1, 0.15) is 24.1 Å². The third-order valence-electron chi connectivity index (χ3n) is 3.71. The molecule has 0 atom stereocenters. The highest BCUT2D eigenvalue weighted by Crippen LogP contribution is 2.21. The third-order valence-corrected chi connectivity index (χ3v) is 5.16. The first-order chi connectivity index (χ1) is 10.5. The van der Waals surface area contributed by atoms with E-state index < -0.39 is 26.6 Å². The van der Waals surface area contributed by atoms with Crippen molar-refractivity contribution in [1.29, 1.82) is 0 Å². The summed E-state index contributed by atoms with van der Waals surface area (Å²) in [5.74, 6) is -2.21. The number of nitrogens with one attached hydrogen (secondary N) is 1. The smallest absolute Gasteiger partial charge is 0.246 e. The lowest BCUT2D eigenvalue weighted by atomic mass is 10.1. The lowest BCUT2D eigenvalue weighted by Gasteiger charge is -2.15. The molecule has 1 N–H and O–H groups in total. The Hall–Kier alpha value is -1.80. The lowest BCUT2D eigenvalue weighted by Crippen LogP contribution is -2.26. The van der Waals surface area contributed by atoms with Crippen molar-refractivity contribution in [3.05, 3.63) is 47.3 Å². The van der Waals surface area contributed by atoms with E-state index in [1.54, 1.807) is 6.20 Å². The molecule has 2 aromatic rings. The molecule has 0 aliphatic carbocycles. The Bertz CT molecular complexity index is 782. The number of aryl methyl sites for hydroxylation is 1. The number of halogens is 2. The molecule has 22 heavy (non-hydrogen) atoms. The quantitative estimate of drug-likeness (QED) is 0.934. The maximum Gasteiger partial charge on any atom is 0.246 e. The molecule has 0 saturated carbocycles. The van der Waals surface area contributed by atoms with E-state index in [2.05, 4.69) is 9.82 Å². The molecule has 8 heteroatoms. The molecular formula is C14H15F2N3O2S. The van der Waals surface area contributed by atoms with E-state index in [1.165, 1.54) is 0 Å². The summed E-state index contributed by atoms with van der Waals surface area (Å²) < 4.78 is 55.5. The van der Waals surface area contributed by atoms with E-state index >= 15 is 0 Å². The second kappa shape index (κ2) is 5.77. The third kappa shape index (κ3) is 2.76. The molecule has 0 unspecified atom stereocenters. The molecule has 0 saturated heterocycles. The van der Waals surface area contributed by atoms with Crippen LogP contribution < -0.4 is 4.72 Å². The van der Waals surface area contributed by atoms with Crippen molar-refractivity contribution in [2.45, 2.75) is 37.2 Å². The Labute approximate surface area is 127 Å². The van der Waals surface area contributed by atoms with E-state index in [4.69, 9.17) is 0 Å². The first-order valence-corrected chi connectivity index (χ1v) is 8.44. The average Bonchev–Trinajstić information content (AvgIpc) is 2.88. The highest BCUT2D eigenvalue weighted by Gasteiger charge is 2.24. The highest BCUT2D eigenvalue weighted by molar-refractivity contribution is 7.89. The molecule has 0 radical (unpaired) electrons. The van der Waals surface area contributed by atoms with Crippen LogP contribution in [0.3, 0.4) is 0 Å². The van der Waals surface area contributed by atoms with Gasteiger partial charge in [0.2, 0.25) is 10.0 Å². The van der Waals surface area contributed by atoms with Crippen molar-refractivity contribution in [3.63, 3.8) is 0 Å². The van der Waals surface area contributed by atoms with Crippen molar-refractivity contribution in [1.82, 2.24) is 14.5 Å². The van der Waals surface area contributed by atoms with Crippen LogP contribution in [0, 0.1) is 11.6 Å². The zero-order chi connectivity index (χ0) is 15.7. The fraction of sp³-hybridized carbons (Fsp3) is 0.357. The maximum absolute atomic E-state index is 13.6. The van der Waals surface area contributed by atoms with Gasteiger partial charge in [-0.2, -0.15) is 5.10 Å². The van der Waals surface area contributed by atoms with Gasteiger partial charge in [0.25, 0.3) is 0 Å². The van der Waals surface area contributed by atoms with E-state index in [-0.39, 0.29) is 6.54 Å². The molecule has 1 aliphatic rings. The molecule has 0 amide bonds. The van der Waals surface area contributed by atoms with Gasteiger partial charge in [0, 0.05) is 24.3 Å². The number of benzene rings is 1. The van der Waals surface area contributed by atoms with Gasteiger partial charge in [0.05, 0.1) is 6.20 Å². The Morgan fingerprint density at radius 2 is 1.95 bits per heavy atom. The van der Waals surface area contributed by atoms with Gasteiger partial charge in [0.15, 0.2) is 4.90 Å². The van der Waals surface area contributed by atoms with Crippen molar-refractivity contribution in [2.75, 3.05) is 0 Å². The Morgan fingerprint density at radius 1 is 1.23 bits per heavy atom. The average molecular weight is 327 g/mol. The van der Waals surface area contributed by atoms with Crippen LogP contribution in [0.4, 0.5) is 8.78 Å². The van der Waals surface area contributed by atoms with Gasteiger partial charge in [-0.3, -0.25) is 4.68 Å². The largest absolute Gasteiger partial charge is 0.269 e. The zero-order valence-corrected chi connectivity index (χ0v) is 12.5. The summed E-state index contributed by atoms with van der Waals surface area (Å²) in [5, 5.41) is 4.20. The van der Waals surface area contributed by atoms with E-state index in [9.17, 15) is 17.2 Å². The molecule has 0 spiro atoms. The second-order valence-electron chi connectivity index (χ2n) is 5.17. The Morgan fingerprint density at radius 3 is 2.68 bits per heavy atom. The molecule has 0 bridgehead atoms. The normalized spacial score (nSPS) is 14.8. The summed E-state index contributed by atoms with van der Waals surface area (Å²) in [4.78, 5) is -0.948. The van der Waals surface area contributed by atoms with Crippen molar-refractivity contribution < 1.29 is 17.2 Å². The minimum atomic E-state index is -4.26. The monoisotopic (exact) mass is 327 g/mol. The topological polar surface area (TPSA) is 64.0 Å². The summed E-state index contributed by atoms with van der Waals surface area (Å²) in [5.41, 5.74) is 1.71. The van der Waals surface area contributed by atoms with Crippen LogP contribution in [-0.2, 0) is 29.5 Å². The van der Waals surface area contributed by atoms with Crippen LogP contribution in [0.2, 0.25) is 0 Å². The number of aromatic nitrogens is 2. The summed E-state index contributed by atoms with van der Waals surface area (Å²) in [6, 6.07) is 2.96. The maximum atomic E-state index is 13.6. The molecule has 2 heterocycles. The molecule has 118 valence electrons. The van der Waals surface area contributed by atoms with Gasteiger partial charge in [-0.25, -0.2) is 21.9 Å². The fourth-order valence-corrected chi connectivity index (χ4v) is 3.76. The van der Waals surface area contributed by atoms with Crippen LogP contribution in [0.15, 0.2) is 29.3 Å². The first kappa shape index (κ1) is 15.1. The summed E-state index contributed by atoms with van der Waals surface area (Å²) >= 11 is 0. The van der Waals surface area contributed by atoms with Crippen LogP contribution >= 0.6 is 0 Å². The van der Waals surface area contributed by atoms with Crippen molar-refractivity contribution in [2.24, 2.45) is 0 Å². The molecule has 1 aromatic carbocycles. The number of rotatable bonds is 4. The van der Waals surface area contributed by atoms with Gasteiger partial charge < -0.3 is 0 Å². The van der Waals surface area contributed by atoms with Crippen molar-refractivity contribution >= 4 is 10.0 Å². The molecule has 1 aliphatic heterocycles. The number of fused-ring (bicyclic) bond motifs is 1. The van der Waals surface area contributed by atoms with Crippen molar-refractivity contribution in [3.8, 4) is 0 Å². The van der Waals surface area contributed by atoms with Gasteiger partial charge >= 0.3 is 0 Å². The Kier molecular flexibility index (Phi) is 3.96. The van der Waals surface area contributed by atoms with Gasteiger partial charge in [-0.1, -0.05) is 6.07 Å². The standard InChI is InChI=1S/C14H15F2N3O2S/c15-11-4-3-5-12(16)14(11)22(20,21)18-9-10-8-17-19-7-2-1-6-13(10)19/h3-5,8,18H,1-2,6-7,9H2. The lowest BCUT2D eigenvalue weighted by molar-refractivity contribution is 0.483. The van der Waals surface area contributed by atoms with Gasteiger partial charge in [-0.15, -0.1) is 0 Å². The van der Waals surface area contributed by atoms with Crippen LogP contribution in [-0.4, -0.2) is 18.2 Å². The number of sulfonamides is 1. The summed E-state index contributed by atoms with van der Waals surface area (Å²) in [7, 11) is -4.26. The molecule has 0 fully saturated rings. The first-order valence-electron chi connectivity index (χ1n) is 6.96. The predicted octanol–water partition coefficient (Wildman–Crippen LogP) is 1.98. The summed E-state index contributed by atoms with van der Waals surface area (Å²) in [6.07, 6.45) is 4.49. The number of hydrogen-bond acceptors (Lipinski definition) is 3. The molecular weight excluding hydrogens is 312 g/mol. The molecule has 3 rings (SSSR count). The second-order valence-corrected chi connectivity index (χ2v) is 6.88.